The summed E-state index contributed by atoms with van der Waals surface area (Å²) < 4.78 is 5.26. The fourth-order valence-corrected chi connectivity index (χ4v) is 2.64. The maximum atomic E-state index is 12.0. The molecule has 3 heteroatoms. The molecule has 1 N–H and O–H groups in total. The van der Waals surface area contributed by atoms with Crippen molar-refractivity contribution in [2.75, 3.05) is 0 Å². The Bertz CT molecular complexity index is 610. The third-order valence-corrected chi connectivity index (χ3v) is 3.46. The summed E-state index contributed by atoms with van der Waals surface area (Å²) in [5.74, 6) is -0.241. The van der Waals surface area contributed by atoms with E-state index in [1.165, 1.54) is 17.5 Å². The zero-order valence-corrected chi connectivity index (χ0v) is 10.7. The average Bonchev–Trinajstić information content (AvgIpc) is 2.89. The molecule has 0 fully saturated rings. The summed E-state index contributed by atoms with van der Waals surface area (Å²) in [4.78, 5) is 15.2. The normalized spacial score (nSPS) is 14.2. The molecule has 3 nitrogen and oxygen atoms in total. The number of aromatic amines is 1. The minimum atomic E-state index is -0.241. The first kappa shape index (κ1) is 11.3. The van der Waals surface area contributed by atoms with Crippen LogP contribution in [0.15, 0.2) is 18.3 Å². The summed E-state index contributed by atoms with van der Waals surface area (Å²) in [6.45, 7) is 3.73. The Kier molecular flexibility index (Phi) is 2.62. The molecular formula is C15H17NO2. The van der Waals surface area contributed by atoms with Crippen LogP contribution in [0.25, 0.3) is 10.9 Å². The molecule has 0 saturated heterocycles. The highest BCUT2D eigenvalue weighted by Gasteiger charge is 2.18. The van der Waals surface area contributed by atoms with Crippen LogP contribution < -0.4 is 0 Å². The molecule has 0 spiro atoms. The summed E-state index contributed by atoms with van der Waals surface area (Å²) in [7, 11) is 0. The van der Waals surface area contributed by atoms with Gasteiger partial charge in [-0.25, -0.2) is 4.79 Å². The lowest BCUT2D eigenvalue weighted by molar-refractivity contribution is 0.0380. The van der Waals surface area contributed by atoms with E-state index in [-0.39, 0.29) is 12.1 Å². The van der Waals surface area contributed by atoms with Crippen molar-refractivity contribution in [1.29, 1.82) is 0 Å². The van der Waals surface area contributed by atoms with Crippen molar-refractivity contribution in [2.24, 2.45) is 0 Å². The van der Waals surface area contributed by atoms with Crippen LogP contribution in [0.5, 0.6) is 0 Å². The number of benzene rings is 1. The van der Waals surface area contributed by atoms with E-state index < -0.39 is 0 Å². The number of aryl methyl sites for hydroxylation is 2. The zero-order valence-electron chi connectivity index (χ0n) is 10.7. The van der Waals surface area contributed by atoms with Gasteiger partial charge in [0.15, 0.2) is 0 Å². The number of hydrogen-bond donors (Lipinski definition) is 1. The molecule has 1 heterocycles. The highest BCUT2D eigenvalue weighted by Crippen LogP contribution is 2.29. The quantitative estimate of drug-likeness (QED) is 0.823. The number of carbonyl (C=O) groups excluding carboxylic acids is 1. The second-order valence-corrected chi connectivity index (χ2v) is 5.18. The Labute approximate surface area is 106 Å². The van der Waals surface area contributed by atoms with Gasteiger partial charge >= 0.3 is 5.97 Å². The molecule has 2 aromatic rings. The van der Waals surface area contributed by atoms with Crippen molar-refractivity contribution in [3.63, 3.8) is 0 Å². The zero-order chi connectivity index (χ0) is 12.7. The number of nitrogens with one attached hydrogen (secondary N) is 1. The maximum Gasteiger partial charge on any atom is 0.340 e. The van der Waals surface area contributed by atoms with Gasteiger partial charge in [0, 0.05) is 17.1 Å². The van der Waals surface area contributed by atoms with Gasteiger partial charge in [0.25, 0.3) is 0 Å². The number of hydrogen-bond acceptors (Lipinski definition) is 2. The average molecular weight is 243 g/mol. The summed E-state index contributed by atoms with van der Waals surface area (Å²) >= 11 is 0. The molecule has 18 heavy (non-hydrogen) atoms. The number of rotatable bonds is 2. The predicted octanol–water partition coefficient (Wildman–Crippen LogP) is 3.22. The topological polar surface area (TPSA) is 42.1 Å². The van der Waals surface area contributed by atoms with Gasteiger partial charge < -0.3 is 9.72 Å². The Balaban J connectivity index is 2.06. The van der Waals surface area contributed by atoms with Gasteiger partial charge in [-0.3, -0.25) is 0 Å². The summed E-state index contributed by atoms with van der Waals surface area (Å²) in [6, 6.07) is 4.31. The fourth-order valence-electron chi connectivity index (χ4n) is 2.64. The Morgan fingerprint density at radius 2 is 2.00 bits per heavy atom. The number of ether oxygens (including phenoxy) is 1. The van der Waals surface area contributed by atoms with E-state index in [0.717, 1.165) is 23.7 Å². The van der Waals surface area contributed by atoms with E-state index >= 15 is 0 Å². The molecular weight excluding hydrogens is 226 g/mol. The smallest absolute Gasteiger partial charge is 0.340 e. The SMILES string of the molecule is CC(C)OC(=O)c1c[nH]c2cc3c(cc12)CCC3. The summed E-state index contributed by atoms with van der Waals surface area (Å²) in [5.41, 5.74) is 4.47. The van der Waals surface area contributed by atoms with Crippen molar-refractivity contribution in [3.8, 4) is 0 Å². The minimum Gasteiger partial charge on any atom is -0.459 e. The molecule has 1 aliphatic carbocycles. The molecule has 94 valence electrons. The van der Waals surface area contributed by atoms with Crippen LogP contribution in [0.2, 0.25) is 0 Å². The van der Waals surface area contributed by atoms with Crippen LogP contribution in [-0.2, 0) is 17.6 Å². The highest BCUT2D eigenvalue weighted by molar-refractivity contribution is 6.04. The third-order valence-electron chi connectivity index (χ3n) is 3.46. The van der Waals surface area contributed by atoms with Crippen LogP contribution in [0.4, 0.5) is 0 Å². The van der Waals surface area contributed by atoms with E-state index in [1.807, 2.05) is 13.8 Å². The number of fused-ring (bicyclic) bond motifs is 2. The van der Waals surface area contributed by atoms with E-state index in [1.54, 1.807) is 6.20 Å². The molecule has 1 aromatic heterocycles. The molecule has 0 radical (unpaired) electrons. The van der Waals surface area contributed by atoms with Crippen LogP contribution in [0.3, 0.4) is 0 Å². The molecule has 0 amide bonds. The third kappa shape index (κ3) is 1.80. The standard InChI is InChI=1S/C15H17NO2/c1-9(2)18-15(17)13-8-16-14-7-11-5-3-4-10(11)6-12(13)14/h6-9,16H,3-5H2,1-2H3. The first-order chi connectivity index (χ1) is 8.65. The van der Waals surface area contributed by atoms with Crippen LogP contribution >= 0.6 is 0 Å². The molecule has 3 rings (SSSR count). The lowest BCUT2D eigenvalue weighted by atomic mass is 10.1. The Hall–Kier alpha value is -1.77. The van der Waals surface area contributed by atoms with Crippen LogP contribution in [0, 0.1) is 0 Å². The molecule has 0 bridgehead atoms. The van der Waals surface area contributed by atoms with E-state index in [9.17, 15) is 4.79 Å². The fraction of sp³-hybridized carbons (Fsp3) is 0.400. The van der Waals surface area contributed by atoms with Gasteiger partial charge in [-0.2, -0.15) is 0 Å². The van der Waals surface area contributed by atoms with Crippen molar-refractivity contribution in [3.05, 3.63) is 35.0 Å². The van der Waals surface area contributed by atoms with Crippen molar-refractivity contribution < 1.29 is 9.53 Å². The monoisotopic (exact) mass is 243 g/mol. The maximum absolute atomic E-state index is 12.0. The highest BCUT2D eigenvalue weighted by atomic mass is 16.5. The lowest BCUT2D eigenvalue weighted by Crippen LogP contribution is -2.11. The first-order valence-electron chi connectivity index (χ1n) is 6.49. The van der Waals surface area contributed by atoms with E-state index in [0.29, 0.717) is 5.56 Å². The molecule has 0 aliphatic heterocycles. The summed E-state index contributed by atoms with van der Waals surface area (Å²) in [5, 5.41) is 0.987. The molecule has 0 atom stereocenters. The minimum absolute atomic E-state index is 0.0862. The Morgan fingerprint density at radius 3 is 2.72 bits per heavy atom. The van der Waals surface area contributed by atoms with Gasteiger partial charge in [-0.05, 0) is 56.4 Å². The van der Waals surface area contributed by atoms with E-state index in [4.69, 9.17) is 4.74 Å². The second kappa shape index (κ2) is 4.16. The van der Waals surface area contributed by atoms with Gasteiger partial charge in [0.05, 0.1) is 11.7 Å². The van der Waals surface area contributed by atoms with Crippen molar-refractivity contribution in [1.82, 2.24) is 4.98 Å². The number of H-pyrrole nitrogens is 1. The molecule has 1 aliphatic rings. The van der Waals surface area contributed by atoms with Crippen LogP contribution in [-0.4, -0.2) is 17.1 Å². The summed E-state index contributed by atoms with van der Waals surface area (Å²) in [6.07, 6.45) is 5.15. The second-order valence-electron chi connectivity index (χ2n) is 5.18. The largest absolute Gasteiger partial charge is 0.459 e. The van der Waals surface area contributed by atoms with Crippen molar-refractivity contribution >= 4 is 16.9 Å². The van der Waals surface area contributed by atoms with E-state index in [2.05, 4.69) is 17.1 Å². The number of aromatic nitrogens is 1. The lowest BCUT2D eigenvalue weighted by Gasteiger charge is -2.07. The Morgan fingerprint density at radius 1 is 1.28 bits per heavy atom. The van der Waals surface area contributed by atoms with Gasteiger partial charge in [-0.15, -0.1) is 0 Å². The van der Waals surface area contributed by atoms with Gasteiger partial charge in [0.2, 0.25) is 0 Å². The molecule has 0 saturated carbocycles. The first-order valence-corrected chi connectivity index (χ1v) is 6.49. The van der Waals surface area contributed by atoms with Crippen molar-refractivity contribution in [2.45, 2.75) is 39.2 Å². The van der Waals surface area contributed by atoms with Crippen LogP contribution in [0.1, 0.15) is 41.8 Å². The number of esters is 1. The van der Waals surface area contributed by atoms with Gasteiger partial charge in [-0.1, -0.05) is 0 Å². The molecule has 1 aromatic carbocycles. The molecule has 0 unspecified atom stereocenters. The van der Waals surface area contributed by atoms with Gasteiger partial charge in [0.1, 0.15) is 0 Å². The predicted molar refractivity (Wildman–Crippen MR) is 70.9 cm³/mol. The number of carbonyl (C=O) groups is 1.